The number of likely N-dealkylation sites (tertiary alicyclic amines) is 1. The van der Waals surface area contributed by atoms with Gasteiger partial charge in [-0.1, -0.05) is 0 Å². The van der Waals surface area contributed by atoms with Crippen LogP contribution in [0.3, 0.4) is 0 Å². The van der Waals surface area contributed by atoms with Crippen molar-refractivity contribution in [2.75, 3.05) is 50.0 Å². The topological polar surface area (TPSA) is 57.2 Å². The highest BCUT2D eigenvalue weighted by atomic mass is 35.5. The van der Waals surface area contributed by atoms with E-state index < -0.39 is 0 Å². The number of halogens is 1. The fourth-order valence-electron chi connectivity index (χ4n) is 3.15. The van der Waals surface area contributed by atoms with Gasteiger partial charge in [-0.05, 0) is 56.8 Å². The number of piperidine rings is 1. The van der Waals surface area contributed by atoms with Gasteiger partial charge >= 0.3 is 0 Å². The first kappa shape index (κ1) is 14.8. The lowest BCUT2D eigenvalue weighted by Gasteiger charge is -2.29. The normalized spacial score (nSPS) is 23.5. The second-order valence-electron chi connectivity index (χ2n) is 6.07. The predicted molar refractivity (Wildman–Crippen MR) is 85.0 cm³/mol. The zero-order valence-electron chi connectivity index (χ0n) is 12.6. The molecule has 1 aromatic rings. The molecular formula is C14H23ClN6. The summed E-state index contributed by atoms with van der Waals surface area (Å²) in [5, 5.41) is 3.61. The Morgan fingerprint density at radius 3 is 2.71 bits per heavy atom. The van der Waals surface area contributed by atoms with Crippen molar-refractivity contribution in [1.82, 2.24) is 19.9 Å². The number of nitrogens with one attached hydrogen (secondary N) is 1. The van der Waals surface area contributed by atoms with Gasteiger partial charge < -0.3 is 15.1 Å². The van der Waals surface area contributed by atoms with Gasteiger partial charge in [0.25, 0.3) is 0 Å². The molecule has 2 saturated heterocycles. The molecule has 2 aliphatic rings. The highest BCUT2D eigenvalue weighted by Gasteiger charge is 2.19. The van der Waals surface area contributed by atoms with Crippen molar-refractivity contribution in [3.8, 4) is 0 Å². The minimum absolute atomic E-state index is 0.273. The van der Waals surface area contributed by atoms with Crippen LogP contribution < -0.4 is 10.2 Å². The van der Waals surface area contributed by atoms with Crippen LogP contribution >= 0.6 is 11.6 Å². The van der Waals surface area contributed by atoms with E-state index in [0.717, 1.165) is 26.2 Å². The Bertz CT molecular complexity index is 477. The van der Waals surface area contributed by atoms with Crippen LogP contribution in [0.4, 0.5) is 11.9 Å². The Morgan fingerprint density at radius 1 is 1.14 bits per heavy atom. The summed E-state index contributed by atoms with van der Waals surface area (Å²) < 4.78 is 0. The summed E-state index contributed by atoms with van der Waals surface area (Å²) in [6.07, 6.45) is 4.91. The average molecular weight is 311 g/mol. The van der Waals surface area contributed by atoms with Crippen LogP contribution in [0.15, 0.2) is 0 Å². The Morgan fingerprint density at radius 2 is 1.95 bits per heavy atom. The highest BCUT2D eigenvalue weighted by molar-refractivity contribution is 6.28. The van der Waals surface area contributed by atoms with Crippen molar-refractivity contribution in [2.45, 2.75) is 25.7 Å². The SMILES string of the molecule is CN1CCCC(CNc2nc(Cl)nc(N3CCCC3)n2)C1. The summed E-state index contributed by atoms with van der Waals surface area (Å²) in [5.41, 5.74) is 0. The second kappa shape index (κ2) is 6.75. The van der Waals surface area contributed by atoms with Crippen LogP contribution in [0.5, 0.6) is 0 Å². The third-order valence-electron chi connectivity index (χ3n) is 4.26. The largest absolute Gasteiger partial charge is 0.354 e. The van der Waals surface area contributed by atoms with Crippen LogP contribution in [0, 0.1) is 5.92 Å². The molecule has 116 valence electrons. The van der Waals surface area contributed by atoms with Gasteiger partial charge in [-0.3, -0.25) is 0 Å². The summed E-state index contributed by atoms with van der Waals surface area (Å²) in [7, 11) is 2.18. The molecule has 1 N–H and O–H groups in total. The van der Waals surface area contributed by atoms with Gasteiger partial charge in [-0.15, -0.1) is 0 Å². The fraction of sp³-hybridized carbons (Fsp3) is 0.786. The molecule has 1 aromatic heterocycles. The van der Waals surface area contributed by atoms with E-state index in [1.54, 1.807) is 0 Å². The zero-order chi connectivity index (χ0) is 14.7. The third kappa shape index (κ3) is 3.95. The second-order valence-corrected chi connectivity index (χ2v) is 6.41. The molecule has 0 amide bonds. The van der Waals surface area contributed by atoms with Crippen LogP contribution in [0.1, 0.15) is 25.7 Å². The quantitative estimate of drug-likeness (QED) is 0.916. The number of nitrogens with zero attached hydrogens (tertiary/aromatic N) is 5. The molecule has 7 heteroatoms. The molecule has 2 fully saturated rings. The van der Waals surface area contributed by atoms with E-state index >= 15 is 0 Å². The Kier molecular flexibility index (Phi) is 4.75. The molecule has 0 bridgehead atoms. The molecule has 1 unspecified atom stereocenters. The maximum Gasteiger partial charge on any atom is 0.231 e. The first-order valence-corrected chi connectivity index (χ1v) is 8.17. The van der Waals surface area contributed by atoms with E-state index in [-0.39, 0.29) is 5.28 Å². The highest BCUT2D eigenvalue weighted by Crippen LogP contribution is 2.20. The van der Waals surface area contributed by atoms with Crippen molar-refractivity contribution >= 4 is 23.5 Å². The monoisotopic (exact) mass is 310 g/mol. The Labute approximate surface area is 130 Å². The molecule has 0 saturated carbocycles. The van der Waals surface area contributed by atoms with E-state index in [1.807, 2.05) is 0 Å². The summed E-state index contributed by atoms with van der Waals surface area (Å²) in [6, 6.07) is 0. The maximum absolute atomic E-state index is 6.04. The first-order chi connectivity index (χ1) is 10.2. The van der Waals surface area contributed by atoms with Gasteiger partial charge in [-0.25, -0.2) is 0 Å². The van der Waals surface area contributed by atoms with Crippen LogP contribution in [0.2, 0.25) is 5.28 Å². The van der Waals surface area contributed by atoms with E-state index in [9.17, 15) is 0 Å². The molecule has 21 heavy (non-hydrogen) atoms. The van der Waals surface area contributed by atoms with Crippen molar-refractivity contribution in [2.24, 2.45) is 5.92 Å². The lowest BCUT2D eigenvalue weighted by Crippen LogP contribution is -2.35. The Balaban J connectivity index is 1.62. The number of hydrogen-bond acceptors (Lipinski definition) is 6. The molecule has 6 nitrogen and oxygen atoms in total. The molecule has 0 spiro atoms. The van der Waals surface area contributed by atoms with Crippen molar-refractivity contribution < 1.29 is 0 Å². The van der Waals surface area contributed by atoms with E-state index in [1.165, 1.54) is 32.2 Å². The van der Waals surface area contributed by atoms with E-state index in [2.05, 4.69) is 37.1 Å². The van der Waals surface area contributed by atoms with Gasteiger partial charge in [0.05, 0.1) is 0 Å². The molecule has 0 radical (unpaired) electrons. The van der Waals surface area contributed by atoms with E-state index in [0.29, 0.717) is 17.8 Å². The lowest BCUT2D eigenvalue weighted by atomic mass is 9.99. The van der Waals surface area contributed by atoms with Gasteiger partial charge in [0, 0.05) is 26.2 Å². The molecule has 0 aromatic carbocycles. The number of hydrogen-bond donors (Lipinski definition) is 1. The summed E-state index contributed by atoms with van der Waals surface area (Å²) >= 11 is 6.04. The molecule has 2 aliphatic heterocycles. The minimum atomic E-state index is 0.273. The lowest BCUT2D eigenvalue weighted by molar-refractivity contribution is 0.217. The molecular weight excluding hydrogens is 288 g/mol. The van der Waals surface area contributed by atoms with Crippen molar-refractivity contribution in [3.63, 3.8) is 0 Å². The molecule has 0 aliphatic carbocycles. The molecule has 1 atom stereocenters. The number of anilines is 2. The smallest absolute Gasteiger partial charge is 0.231 e. The summed E-state index contributed by atoms with van der Waals surface area (Å²) in [6.45, 7) is 5.24. The fourth-order valence-corrected chi connectivity index (χ4v) is 3.31. The van der Waals surface area contributed by atoms with Crippen LogP contribution in [-0.4, -0.2) is 59.6 Å². The van der Waals surface area contributed by atoms with Crippen LogP contribution in [-0.2, 0) is 0 Å². The minimum Gasteiger partial charge on any atom is -0.354 e. The van der Waals surface area contributed by atoms with Crippen LogP contribution in [0.25, 0.3) is 0 Å². The Hall–Kier alpha value is -1.14. The standard InChI is InChI=1S/C14H23ClN6/c1-20-6-4-5-11(10-20)9-16-13-17-12(15)18-14(19-13)21-7-2-3-8-21/h11H,2-10H2,1H3,(H,16,17,18,19). The van der Waals surface area contributed by atoms with Gasteiger partial charge in [-0.2, -0.15) is 15.0 Å². The summed E-state index contributed by atoms with van der Waals surface area (Å²) in [4.78, 5) is 17.5. The average Bonchev–Trinajstić information content (AvgIpc) is 2.99. The van der Waals surface area contributed by atoms with E-state index in [4.69, 9.17) is 11.6 Å². The molecule has 3 heterocycles. The third-order valence-corrected chi connectivity index (χ3v) is 4.43. The van der Waals surface area contributed by atoms with Crippen molar-refractivity contribution in [3.05, 3.63) is 5.28 Å². The maximum atomic E-state index is 6.04. The predicted octanol–water partition coefficient (Wildman–Crippen LogP) is 1.88. The van der Waals surface area contributed by atoms with Gasteiger partial charge in [0.1, 0.15) is 0 Å². The first-order valence-electron chi connectivity index (χ1n) is 7.79. The van der Waals surface area contributed by atoms with Gasteiger partial charge in [0.15, 0.2) is 0 Å². The van der Waals surface area contributed by atoms with Gasteiger partial charge in [0.2, 0.25) is 17.2 Å². The number of aromatic nitrogens is 3. The number of rotatable bonds is 4. The summed E-state index contributed by atoms with van der Waals surface area (Å²) in [5.74, 6) is 1.95. The molecule has 3 rings (SSSR count). The van der Waals surface area contributed by atoms with Crippen molar-refractivity contribution in [1.29, 1.82) is 0 Å². The zero-order valence-corrected chi connectivity index (χ0v) is 13.3.